The van der Waals surface area contributed by atoms with Gasteiger partial charge in [-0.25, -0.2) is 0 Å². The zero-order chi connectivity index (χ0) is 13.8. The minimum atomic E-state index is 0.0374. The van der Waals surface area contributed by atoms with Crippen LogP contribution in [0.5, 0.6) is 5.75 Å². The smallest absolute Gasteiger partial charge is 0.137 e. The second-order valence-corrected chi connectivity index (χ2v) is 5.11. The van der Waals surface area contributed by atoms with Crippen molar-refractivity contribution >= 4 is 0 Å². The van der Waals surface area contributed by atoms with E-state index in [0.29, 0.717) is 6.04 Å². The van der Waals surface area contributed by atoms with Crippen LogP contribution in [0.2, 0.25) is 0 Å². The van der Waals surface area contributed by atoms with Gasteiger partial charge in [0.15, 0.2) is 0 Å². The van der Waals surface area contributed by atoms with Crippen molar-refractivity contribution in [1.82, 2.24) is 20.2 Å². The number of rotatable bonds is 4. The molecule has 0 aromatic carbocycles. The third-order valence-corrected chi connectivity index (χ3v) is 3.79. The number of pyridine rings is 1. The number of likely N-dealkylation sites (N-methyl/N-ethyl adjacent to an activating group) is 2. The lowest BCUT2D eigenvalue weighted by atomic mass is 9.98. The second kappa shape index (κ2) is 6.29. The molecule has 2 rings (SSSR count). The molecule has 2 atom stereocenters. The number of nitrogens with zero attached hydrogens (tertiary/aromatic N) is 3. The van der Waals surface area contributed by atoms with Gasteiger partial charge in [-0.1, -0.05) is 0 Å². The molecule has 1 aromatic heterocycles. The maximum Gasteiger partial charge on any atom is 0.137 e. The van der Waals surface area contributed by atoms with E-state index in [1.807, 2.05) is 12.3 Å². The Morgan fingerprint density at radius 1 is 1.42 bits per heavy atom. The molecule has 0 aliphatic carbocycles. The van der Waals surface area contributed by atoms with Gasteiger partial charge in [-0.3, -0.25) is 21.2 Å². The van der Waals surface area contributed by atoms with Crippen LogP contribution in [0, 0.1) is 0 Å². The number of ether oxygens (including phenoxy) is 1. The SMILES string of the molecule is COc1cncc(C(NN)C2CN(C)CCN2C)c1. The summed E-state index contributed by atoms with van der Waals surface area (Å²) in [5.74, 6) is 6.53. The van der Waals surface area contributed by atoms with Crippen molar-refractivity contribution in [2.45, 2.75) is 12.1 Å². The van der Waals surface area contributed by atoms with Gasteiger partial charge in [0.05, 0.1) is 19.3 Å². The average molecular weight is 265 g/mol. The number of aromatic nitrogens is 1. The zero-order valence-corrected chi connectivity index (χ0v) is 11.8. The van der Waals surface area contributed by atoms with E-state index in [-0.39, 0.29) is 6.04 Å². The van der Waals surface area contributed by atoms with Gasteiger partial charge in [-0.15, -0.1) is 0 Å². The van der Waals surface area contributed by atoms with Crippen molar-refractivity contribution in [2.24, 2.45) is 5.84 Å². The molecule has 2 heterocycles. The monoisotopic (exact) mass is 265 g/mol. The summed E-state index contributed by atoms with van der Waals surface area (Å²) in [7, 11) is 5.92. The highest BCUT2D eigenvalue weighted by molar-refractivity contribution is 5.27. The Kier molecular flexibility index (Phi) is 4.71. The van der Waals surface area contributed by atoms with E-state index in [0.717, 1.165) is 30.9 Å². The molecule has 1 aliphatic heterocycles. The molecule has 1 fully saturated rings. The molecule has 0 bridgehead atoms. The van der Waals surface area contributed by atoms with Crippen LogP contribution < -0.4 is 16.0 Å². The van der Waals surface area contributed by atoms with Crippen LogP contribution in [0.25, 0.3) is 0 Å². The Bertz CT molecular complexity index is 414. The quantitative estimate of drug-likeness (QED) is 0.582. The molecule has 1 aromatic rings. The Hall–Kier alpha value is -1.21. The summed E-state index contributed by atoms with van der Waals surface area (Å²) in [6.07, 6.45) is 3.54. The molecule has 0 spiro atoms. The molecular weight excluding hydrogens is 242 g/mol. The summed E-state index contributed by atoms with van der Waals surface area (Å²) in [5, 5.41) is 0. The lowest BCUT2D eigenvalue weighted by molar-refractivity contribution is 0.0875. The lowest BCUT2D eigenvalue weighted by Crippen LogP contribution is -2.56. The van der Waals surface area contributed by atoms with Crippen LogP contribution in [-0.2, 0) is 0 Å². The molecule has 2 unspecified atom stereocenters. The minimum absolute atomic E-state index is 0.0374. The van der Waals surface area contributed by atoms with Crippen molar-refractivity contribution in [2.75, 3.05) is 40.8 Å². The normalized spacial score (nSPS) is 23.3. The first-order chi connectivity index (χ1) is 9.15. The molecule has 106 valence electrons. The summed E-state index contributed by atoms with van der Waals surface area (Å²) in [4.78, 5) is 8.87. The lowest BCUT2D eigenvalue weighted by Gasteiger charge is -2.41. The summed E-state index contributed by atoms with van der Waals surface area (Å²) in [6.45, 7) is 3.10. The van der Waals surface area contributed by atoms with Crippen LogP contribution in [0.1, 0.15) is 11.6 Å². The van der Waals surface area contributed by atoms with E-state index in [9.17, 15) is 0 Å². The van der Waals surface area contributed by atoms with Crippen LogP contribution >= 0.6 is 0 Å². The number of hydrogen-bond acceptors (Lipinski definition) is 6. The molecule has 6 nitrogen and oxygen atoms in total. The van der Waals surface area contributed by atoms with Gasteiger partial charge in [-0.2, -0.15) is 0 Å². The van der Waals surface area contributed by atoms with Crippen LogP contribution in [0.15, 0.2) is 18.5 Å². The van der Waals surface area contributed by atoms with E-state index in [4.69, 9.17) is 10.6 Å². The molecule has 3 N–H and O–H groups in total. The minimum Gasteiger partial charge on any atom is -0.495 e. The number of nitrogens with one attached hydrogen (secondary N) is 1. The number of hydrogen-bond donors (Lipinski definition) is 2. The van der Waals surface area contributed by atoms with Gasteiger partial charge in [0.2, 0.25) is 0 Å². The molecule has 0 saturated carbocycles. The van der Waals surface area contributed by atoms with E-state index in [1.165, 1.54) is 0 Å². The van der Waals surface area contributed by atoms with Crippen molar-refractivity contribution in [3.8, 4) is 5.75 Å². The third-order valence-electron chi connectivity index (χ3n) is 3.79. The van der Waals surface area contributed by atoms with Gasteiger partial charge < -0.3 is 9.64 Å². The fourth-order valence-electron chi connectivity index (χ4n) is 2.55. The Morgan fingerprint density at radius 3 is 2.89 bits per heavy atom. The Morgan fingerprint density at radius 2 is 2.21 bits per heavy atom. The first-order valence-electron chi connectivity index (χ1n) is 6.49. The van der Waals surface area contributed by atoms with E-state index in [2.05, 4.69) is 34.3 Å². The van der Waals surface area contributed by atoms with Crippen molar-refractivity contribution in [1.29, 1.82) is 0 Å². The van der Waals surface area contributed by atoms with Crippen LogP contribution in [-0.4, -0.2) is 61.7 Å². The maximum absolute atomic E-state index is 5.77. The predicted octanol–water partition coefficient (Wildman–Crippen LogP) is -0.160. The Balaban J connectivity index is 2.22. The number of hydrazine groups is 1. The summed E-state index contributed by atoms with van der Waals surface area (Å²) in [6, 6.07) is 2.34. The number of methoxy groups -OCH3 is 1. The highest BCUT2D eigenvalue weighted by atomic mass is 16.5. The largest absolute Gasteiger partial charge is 0.495 e. The highest BCUT2D eigenvalue weighted by Gasteiger charge is 2.30. The van der Waals surface area contributed by atoms with Crippen molar-refractivity contribution < 1.29 is 4.74 Å². The van der Waals surface area contributed by atoms with Gasteiger partial charge in [-0.05, 0) is 25.7 Å². The van der Waals surface area contributed by atoms with Crippen molar-refractivity contribution in [3.05, 3.63) is 24.0 Å². The third kappa shape index (κ3) is 3.22. The van der Waals surface area contributed by atoms with Gasteiger partial charge in [0, 0.05) is 31.9 Å². The molecule has 6 heteroatoms. The molecule has 19 heavy (non-hydrogen) atoms. The first kappa shape index (κ1) is 14.2. The van der Waals surface area contributed by atoms with Gasteiger partial charge in [0.1, 0.15) is 5.75 Å². The standard InChI is InChI=1S/C13H23N5O/c1-17-4-5-18(2)12(9-17)13(16-14)10-6-11(19-3)8-15-7-10/h6-8,12-13,16H,4-5,9,14H2,1-3H3. The van der Waals surface area contributed by atoms with E-state index >= 15 is 0 Å². The molecular formula is C13H23N5O. The second-order valence-electron chi connectivity index (χ2n) is 5.11. The molecule has 1 saturated heterocycles. The van der Waals surface area contributed by atoms with Gasteiger partial charge in [0.25, 0.3) is 0 Å². The predicted molar refractivity (Wildman–Crippen MR) is 74.8 cm³/mol. The number of nitrogens with two attached hydrogens (primary N) is 1. The van der Waals surface area contributed by atoms with Crippen LogP contribution in [0.3, 0.4) is 0 Å². The first-order valence-corrected chi connectivity index (χ1v) is 6.49. The topological polar surface area (TPSA) is 66.7 Å². The van der Waals surface area contributed by atoms with Crippen molar-refractivity contribution in [3.63, 3.8) is 0 Å². The van der Waals surface area contributed by atoms with Crippen LogP contribution in [0.4, 0.5) is 0 Å². The average Bonchev–Trinajstić information content (AvgIpc) is 2.44. The molecule has 0 radical (unpaired) electrons. The Labute approximate surface area is 114 Å². The van der Waals surface area contributed by atoms with E-state index < -0.39 is 0 Å². The summed E-state index contributed by atoms with van der Waals surface area (Å²) < 4.78 is 5.23. The fourth-order valence-corrected chi connectivity index (χ4v) is 2.55. The van der Waals surface area contributed by atoms with Gasteiger partial charge >= 0.3 is 0 Å². The summed E-state index contributed by atoms with van der Waals surface area (Å²) >= 11 is 0. The maximum atomic E-state index is 5.77. The summed E-state index contributed by atoms with van der Waals surface area (Å²) in [5.41, 5.74) is 3.98. The fraction of sp³-hybridized carbons (Fsp3) is 0.615. The molecule has 0 amide bonds. The zero-order valence-electron chi connectivity index (χ0n) is 11.8. The highest BCUT2D eigenvalue weighted by Crippen LogP contribution is 2.24. The van der Waals surface area contributed by atoms with E-state index in [1.54, 1.807) is 13.3 Å². The number of piperazine rings is 1. The molecule has 1 aliphatic rings.